The Hall–Kier alpha value is -2.50. The molecular weight excluding hydrogens is 433 g/mol. The Kier molecular flexibility index (Phi) is 5.75. The zero-order valence-electron chi connectivity index (χ0n) is 16.4. The molecule has 1 aromatic carbocycles. The topological polar surface area (TPSA) is 91.9 Å². The number of benzene rings is 1. The van der Waals surface area contributed by atoms with Gasteiger partial charge in [0.25, 0.3) is 0 Å². The molecule has 1 aliphatic rings. The fourth-order valence-electron chi connectivity index (χ4n) is 3.68. The predicted molar refractivity (Wildman–Crippen MR) is 110 cm³/mol. The zero-order chi connectivity index (χ0) is 22.3. The van der Waals surface area contributed by atoms with Gasteiger partial charge in [-0.05, 0) is 55.3 Å². The molecule has 165 valence electrons. The number of aliphatic hydroxyl groups is 2. The Morgan fingerprint density at radius 2 is 2.00 bits per heavy atom. The fourth-order valence-corrected chi connectivity index (χ4v) is 4.26. The largest absolute Gasteiger partial charge is 0.496 e. The van der Waals surface area contributed by atoms with E-state index in [1.165, 1.54) is 29.8 Å². The van der Waals surface area contributed by atoms with Gasteiger partial charge in [0.2, 0.25) is 0 Å². The van der Waals surface area contributed by atoms with Crippen molar-refractivity contribution in [1.82, 2.24) is 14.6 Å². The first-order chi connectivity index (χ1) is 14.7. The van der Waals surface area contributed by atoms with Crippen LogP contribution in [-0.2, 0) is 0 Å². The van der Waals surface area contributed by atoms with E-state index in [0.29, 0.717) is 34.9 Å². The fraction of sp³-hybridized carbons (Fsp3) is 0.350. The number of nitrogens with one attached hydrogen (secondary N) is 1. The normalized spacial score (nSPS) is 24.0. The lowest BCUT2D eigenvalue weighted by atomic mass is 10.1. The smallest absolute Gasteiger partial charge is 0.446 e. The summed E-state index contributed by atoms with van der Waals surface area (Å²) in [6.07, 6.45) is 0.0960. The van der Waals surface area contributed by atoms with E-state index in [-0.39, 0.29) is 22.6 Å². The first-order valence-electron chi connectivity index (χ1n) is 9.41. The van der Waals surface area contributed by atoms with Crippen LogP contribution in [0.2, 0.25) is 0 Å². The average molecular weight is 453 g/mol. The van der Waals surface area contributed by atoms with Gasteiger partial charge in [0.05, 0.1) is 24.9 Å². The van der Waals surface area contributed by atoms with Crippen LogP contribution in [0.4, 0.5) is 19.0 Å². The summed E-state index contributed by atoms with van der Waals surface area (Å²) in [7, 11) is 1.43. The Labute approximate surface area is 180 Å². The molecule has 1 radical (unpaired) electrons. The van der Waals surface area contributed by atoms with Gasteiger partial charge in [-0.2, -0.15) is 22.8 Å². The zero-order valence-corrected chi connectivity index (χ0v) is 17.2. The second-order valence-electron chi connectivity index (χ2n) is 7.27. The standard InChI is InChI=1S/C20H20F3N4O3S/c1-10-7-14(19(29)18(10)28)25-16-5-6-24-17-9-13(26-27(16)17)12-8-11(31-20(21,22)23)3-4-15(12)30-2/h3-6,8-10,14,18-19,25,28-29H,1,7H2,2H3/t10-,14-,18-,19+/m1/s1. The van der Waals surface area contributed by atoms with Crippen molar-refractivity contribution in [1.29, 1.82) is 0 Å². The van der Waals surface area contributed by atoms with Gasteiger partial charge in [-0.3, -0.25) is 0 Å². The Morgan fingerprint density at radius 1 is 1.23 bits per heavy atom. The number of aromatic nitrogens is 3. The summed E-state index contributed by atoms with van der Waals surface area (Å²) in [5.41, 5.74) is -3.19. The summed E-state index contributed by atoms with van der Waals surface area (Å²) in [6, 6.07) is 7.03. The highest BCUT2D eigenvalue weighted by Crippen LogP contribution is 2.41. The van der Waals surface area contributed by atoms with Gasteiger partial charge in [0.1, 0.15) is 17.7 Å². The predicted octanol–water partition coefficient (Wildman–Crippen LogP) is 3.37. The molecule has 1 aliphatic carbocycles. The SMILES string of the molecule is [CH2][C@@H]1C[C@@H](Nc2ccnc3cc(-c4cc(SC(F)(F)F)ccc4OC)nn23)[C@H](O)[C@@H]1O. The summed E-state index contributed by atoms with van der Waals surface area (Å²) in [5, 5.41) is 27.8. The van der Waals surface area contributed by atoms with Crippen molar-refractivity contribution < 1.29 is 28.1 Å². The van der Waals surface area contributed by atoms with Crippen LogP contribution in [0.1, 0.15) is 6.42 Å². The molecule has 2 aromatic heterocycles. The summed E-state index contributed by atoms with van der Waals surface area (Å²) in [4.78, 5) is 4.27. The second kappa shape index (κ2) is 8.21. The van der Waals surface area contributed by atoms with Crippen molar-refractivity contribution in [2.24, 2.45) is 5.92 Å². The van der Waals surface area contributed by atoms with E-state index in [2.05, 4.69) is 22.3 Å². The molecule has 0 bridgehead atoms. The summed E-state index contributed by atoms with van der Waals surface area (Å²) in [6.45, 7) is 3.84. The van der Waals surface area contributed by atoms with Crippen molar-refractivity contribution in [2.45, 2.75) is 35.1 Å². The molecule has 3 N–H and O–H groups in total. The summed E-state index contributed by atoms with van der Waals surface area (Å²) < 4.78 is 45.2. The molecule has 31 heavy (non-hydrogen) atoms. The minimum atomic E-state index is -4.41. The van der Waals surface area contributed by atoms with Gasteiger partial charge in [-0.15, -0.1) is 0 Å². The first-order valence-corrected chi connectivity index (χ1v) is 10.2. The average Bonchev–Trinajstić information content (AvgIpc) is 3.25. The second-order valence-corrected chi connectivity index (χ2v) is 8.41. The third-order valence-corrected chi connectivity index (χ3v) is 5.89. The van der Waals surface area contributed by atoms with Crippen LogP contribution in [0.25, 0.3) is 16.9 Å². The van der Waals surface area contributed by atoms with Crippen molar-refractivity contribution in [3.05, 3.63) is 43.5 Å². The highest BCUT2D eigenvalue weighted by Gasteiger charge is 2.39. The Balaban J connectivity index is 1.70. The molecule has 0 amide bonds. The van der Waals surface area contributed by atoms with Crippen molar-refractivity contribution in [3.63, 3.8) is 0 Å². The molecule has 1 saturated carbocycles. The molecule has 0 saturated heterocycles. The third kappa shape index (κ3) is 4.43. The van der Waals surface area contributed by atoms with E-state index in [0.717, 1.165) is 0 Å². The number of fused-ring (bicyclic) bond motifs is 1. The monoisotopic (exact) mass is 453 g/mol. The molecule has 7 nitrogen and oxygen atoms in total. The van der Waals surface area contributed by atoms with Crippen LogP contribution in [-0.4, -0.2) is 55.7 Å². The van der Waals surface area contributed by atoms with Crippen molar-refractivity contribution in [3.8, 4) is 17.0 Å². The third-order valence-electron chi connectivity index (χ3n) is 5.17. The van der Waals surface area contributed by atoms with Crippen LogP contribution in [0, 0.1) is 12.8 Å². The Morgan fingerprint density at radius 3 is 2.65 bits per heavy atom. The minimum Gasteiger partial charge on any atom is -0.496 e. The lowest BCUT2D eigenvalue weighted by Crippen LogP contribution is -2.35. The van der Waals surface area contributed by atoms with Gasteiger partial charge >= 0.3 is 5.51 Å². The maximum Gasteiger partial charge on any atom is 0.446 e. The van der Waals surface area contributed by atoms with E-state index >= 15 is 0 Å². The Bertz CT molecular complexity index is 1090. The van der Waals surface area contributed by atoms with Crippen LogP contribution < -0.4 is 10.1 Å². The van der Waals surface area contributed by atoms with Gasteiger partial charge < -0.3 is 20.3 Å². The number of aliphatic hydroxyl groups excluding tert-OH is 2. The molecule has 4 rings (SSSR count). The molecule has 11 heteroatoms. The number of nitrogens with zero attached hydrogens (tertiary/aromatic N) is 3. The number of hydrogen-bond acceptors (Lipinski definition) is 7. The summed E-state index contributed by atoms with van der Waals surface area (Å²) >= 11 is -0.215. The van der Waals surface area contributed by atoms with Crippen LogP contribution >= 0.6 is 11.8 Å². The maximum atomic E-state index is 12.8. The number of anilines is 1. The van der Waals surface area contributed by atoms with E-state index in [4.69, 9.17) is 4.74 Å². The quantitative estimate of drug-likeness (QED) is 0.510. The van der Waals surface area contributed by atoms with Gasteiger partial charge in [-0.25, -0.2) is 4.98 Å². The molecular formula is C20H20F3N4O3S. The highest BCUT2D eigenvalue weighted by molar-refractivity contribution is 8.00. The lowest BCUT2D eigenvalue weighted by Gasteiger charge is -2.19. The molecule has 0 aliphatic heterocycles. The van der Waals surface area contributed by atoms with Crippen molar-refractivity contribution in [2.75, 3.05) is 12.4 Å². The first kappa shape index (κ1) is 21.7. The number of rotatable bonds is 5. The highest BCUT2D eigenvalue weighted by atomic mass is 32.2. The van der Waals surface area contributed by atoms with Crippen LogP contribution in [0.5, 0.6) is 5.75 Å². The van der Waals surface area contributed by atoms with E-state index in [1.54, 1.807) is 18.3 Å². The number of alkyl halides is 3. The molecule has 1 fully saturated rings. The number of thioether (sulfide) groups is 1. The molecule has 0 unspecified atom stereocenters. The number of hydrogen-bond donors (Lipinski definition) is 3. The van der Waals surface area contributed by atoms with Gasteiger partial charge in [0.15, 0.2) is 5.65 Å². The van der Waals surface area contributed by atoms with Crippen molar-refractivity contribution >= 4 is 23.2 Å². The van der Waals surface area contributed by atoms with Crippen LogP contribution in [0.3, 0.4) is 0 Å². The van der Waals surface area contributed by atoms with Crippen LogP contribution in [0.15, 0.2) is 41.4 Å². The van der Waals surface area contributed by atoms with Gasteiger partial charge in [0, 0.05) is 22.7 Å². The molecule has 2 heterocycles. The van der Waals surface area contributed by atoms with E-state index in [1.807, 2.05) is 0 Å². The molecule has 3 aromatic rings. The number of methoxy groups -OCH3 is 1. The maximum absolute atomic E-state index is 12.8. The van der Waals surface area contributed by atoms with E-state index < -0.39 is 23.8 Å². The number of ether oxygens (including phenoxy) is 1. The van der Waals surface area contributed by atoms with E-state index in [9.17, 15) is 23.4 Å². The minimum absolute atomic E-state index is 0.0104. The lowest BCUT2D eigenvalue weighted by molar-refractivity contribution is -0.0328. The number of halogens is 3. The van der Waals surface area contributed by atoms with Gasteiger partial charge in [-0.1, -0.05) is 0 Å². The molecule has 4 atom stereocenters. The molecule has 0 spiro atoms. The summed E-state index contributed by atoms with van der Waals surface area (Å²) in [5.74, 6) is 0.580.